The van der Waals surface area contributed by atoms with Gasteiger partial charge in [0.15, 0.2) is 0 Å². The van der Waals surface area contributed by atoms with E-state index >= 15 is 4.79 Å². The zero-order valence-corrected chi connectivity index (χ0v) is 42.5. The Morgan fingerprint density at radius 3 is 1.49 bits per heavy atom. The molecule has 0 aliphatic carbocycles. The second-order valence-electron chi connectivity index (χ2n) is 20.1. The van der Waals surface area contributed by atoms with E-state index in [-0.39, 0.29) is 42.2 Å². The number of hydrogen-bond donors (Lipinski definition) is 1. The number of hydrogen-bond acceptors (Lipinski definition) is 5. The molecule has 5 nitrogen and oxygen atoms in total. The third-order valence-corrected chi connectivity index (χ3v) is 14.8. The topological polar surface area (TPSA) is 72.8 Å². The summed E-state index contributed by atoms with van der Waals surface area (Å²) >= 11 is 0. The molecule has 0 spiro atoms. The van der Waals surface area contributed by atoms with Crippen LogP contribution in [0, 0.1) is 35.0 Å². The van der Waals surface area contributed by atoms with Gasteiger partial charge in [-0.2, -0.15) is 0 Å². The van der Waals surface area contributed by atoms with Crippen LogP contribution in [0.4, 0.5) is 0 Å². The maximum absolute atomic E-state index is 15.2. The summed E-state index contributed by atoms with van der Waals surface area (Å²) in [6.45, 7) is 16.0. The van der Waals surface area contributed by atoms with Crippen LogP contribution in [-0.4, -0.2) is 36.9 Å². The third-order valence-electron chi connectivity index (χ3n) is 14.8. The summed E-state index contributed by atoms with van der Waals surface area (Å²) in [6, 6.07) is 32.1. The molecule has 0 amide bonds. The number of rotatable bonds is 37. The fourth-order valence-electron chi connectivity index (χ4n) is 11.1. The first-order chi connectivity index (χ1) is 31.6. The number of unbranched alkanes of at least 4 members (excludes halogenated alkanes) is 12. The number of esters is 2. The molecule has 3 rings (SSSR count). The predicted molar refractivity (Wildman–Crippen MR) is 274 cm³/mol. The Labute approximate surface area is 398 Å². The number of aryl methyl sites for hydroxylation is 1. The van der Waals surface area contributed by atoms with E-state index in [0.717, 1.165) is 83.5 Å². The van der Waals surface area contributed by atoms with Crippen molar-refractivity contribution in [3.63, 3.8) is 0 Å². The Morgan fingerprint density at radius 2 is 0.985 bits per heavy atom. The van der Waals surface area contributed by atoms with E-state index in [4.69, 9.17) is 9.47 Å². The van der Waals surface area contributed by atoms with Crippen molar-refractivity contribution in [2.75, 3.05) is 19.8 Å². The Hall–Kier alpha value is -3.44. The second-order valence-corrected chi connectivity index (χ2v) is 20.1. The molecular formula is C60H94O5. The molecule has 0 aromatic heterocycles. The minimum atomic E-state index is -0.806. The number of aliphatic hydroxyl groups excluding tert-OH is 1. The Morgan fingerprint density at radius 1 is 0.538 bits per heavy atom. The summed E-state index contributed by atoms with van der Waals surface area (Å²) in [4.78, 5) is 30.1. The molecule has 0 fully saturated rings. The number of benzene rings is 3. The summed E-state index contributed by atoms with van der Waals surface area (Å²) < 4.78 is 12.6. The molecule has 0 radical (unpaired) electrons. The van der Waals surface area contributed by atoms with Crippen molar-refractivity contribution in [1.82, 2.24) is 0 Å². The zero-order chi connectivity index (χ0) is 47.1. The van der Waals surface area contributed by atoms with Gasteiger partial charge in [0.2, 0.25) is 0 Å². The van der Waals surface area contributed by atoms with E-state index in [1.54, 1.807) is 0 Å². The van der Waals surface area contributed by atoms with Gasteiger partial charge in [-0.15, -0.1) is 0 Å². The average Bonchev–Trinajstić information content (AvgIpc) is 3.32. The van der Waals surface area contributed by atoms with Crippen LogP contribution in [0.15, 0.2) is 91.0 Å². The summed E-state index contributed by atoms with van der Waals surface area (Å²) in [5.41, 5.74) is 2.98. The lowest BCUT2D eigenvalue weighted by Gasteiger charge is -2.48. The molecule has 0 bridgehead atoms. The van der Waals surface area contributed by atoms with Gasteiger partial charge < -0.3 is 14.6 Å². The highest BCUT2D eigenvalue weighted by Gasteiger charge is 2.53. The molecule has 0 aliphatic rings. The number of ether oxygens (including phenoxy) is 2. The van der Waals surface area contributed by atoms with Crippen LogP contribution in [0.3, 0.4) is 0 Å². The fourth-order valence-corrected chi connectivity index (χ4v) is 11.1. The van der Waals surface area contributed by atoms with Crippen LogP contribution in [0.1, 0.15) is 212 Å². The Balaban J connectivity index is 2.14. The van der Waals surface area contributed by atoms with E-state index in [1.807, 2.05) is 6.07 Å². The SMILES string of the molecule is CCCCCCCCCCCC(CC(C)C(C(=O)OCCCCC)C(C)(CCc1ccccc1)C(CO)C(C(=O)OCCCCC)C(C)CC(CCC)c1ccccc1)c1ccccc1. The molecule has 8 unspecified atom stereocenters. The standard InChI is InChI=1S/C60H94O5/c1-8-12-15-16-17-18-19-20-26-40-54(52-38-29-23-30-39-52)46-49(6)57(59(63)65-44-32-14-10-3)60(7,42-41-50-34-24-21-25-35-50)55(47-61)56(58(62)64-43-31-13-9-2)48(5)45-53(33-11-4)51-36-27-22-28-37-51/h21-25,27-30,34-39,48-49,53-57,61H,8-20,26,31-33,40-47H2,1-7H3. The van der Waals surface area contributed by atoms with Gasteiger partial charge in [-0.05, 0) is 97.1 Å². The van der Waals surface area contributed by atoms with E-state index < -0.39 is 23.2 Å². The second kappa shape index (κ2) is 33.1. The van der Waals surface area contributed by atoms with Crippen molar-refractivity contribution >= 4 is 11.9 Å². The first-order valence-corrected chi connectivity index (χ1v) is 26.7. The number of aliphatic hydroxyl groups is 1. The molecule has 8 atom stereocenters. The molecule has 0 saturated carbocycles. The third kappa shape index (κ3) is 19.7. The summed E-state index contributed by atoms with van der Waals surface area (Å²) in [5.74, 6) is -1.79. The van der Waals surface area contributed by atoms with Crippen molar-refractivity contribution in [2.24, 2.45) is 35.0 Å². The van der Waals surface area contributed by atoms with Crippen molar-refractivity contribution in [3.05, 3.63) is 108 Å². The number of carbonyl (C=O) groups excluding carboxylic acids is 2. The molecule has 364 valence electrons. The van der Waals surface area contributed by atoms with Crippen LogP contribution in [0.2, 0.25) is 0 Å². The maximum Gasteiger partial charge on any atom is 0.309 e. The molecule has 0 heterocycles. The first-order valence-electron chi connectivity index (χ1n) is 26.7. The van der Waals surface area contributed by atoms with Crippen LogP contribution in [0.25, 0.3) is 0 Å². The highest BCUT2D eigenvalue weighted by atomic mass is 16.5. The molecule has 3 aromatic rings. The van der Waals surface area contributed by atoms with Gasteiger partial charge in [0.05, 0.1) is 25.0 Å². The highest BCUT2D eigenvalue weighted by molar-refractivity contribution is 5.76. The molecular weight excluding hydrogens is 801 g/mol. The van der Waals surface area contributed by atoms with Crippen LogP contribution >= 0.6 is 0 Å². The van der Waals surface area contributed by atoms with Gasteiger partial charge in [0.1, 0.15) is 0 Å². The van der Waals surface area contributed by atoms with Crippen molar-refractivity contribution in [3.8, 4) is 0 Å². The van der Waals surface area contributed by atoms with Crippen molar-refractivity contribution in [2.45, 2.75) is 202 Å². The van der Waals surface area contributed by atoms with Gasteiger partial charge in [0, 0.05) is 12.5 Å². The van der Waals surface area contributed by atoms with E-state index in [1.165, 1.54) is 68.1 Å². The maximum atomic E-state index is 15.2. The summed E-state index contributed by atoms with van der Waals surface area (Å²) in [7, 11) is 0. The van der Waals surface area contributed by atoms with E-state index in [2.05, 4.69) is 133 Å². The lowest BCUT2D eigenvalue weighted by Crippen LogP contribution is -2.51. The molecule has 3 aromatic carbocycles. The quantitative estimate of drug-likeness (QED) is 0.0461. The van der Waals surface area contributed by atoms with Crippen LogP contribution < -0.4 is 0 Å². The largest absolute Gasteiger partial charge is 0.465 e. The first kappa shape index (κ1) is 55.9. The van der Waals surface area contributed by atoms with Gasteiger partial charge in [-0.1, -0.05) is 229 Å². The van der Waals surface area contributed by atoms with Crippen molar-refractivity contribution < 1.29 is 24.2 Å². The Kier molecular flexibility index (Phi) is 28.5. The summed E-state index contributed by atoms with van der Waals surface area (Å²) in [6.07, 6.45) is 23.3. The predicted octanol–water partition coefficient (Wildman–Crippen LogP) is 16.3. The van der Waals surface area contributed by atoms with Crippen molar-refractivity contribution in [1.29, 1.82) is 0 Å². The average molecular weight is 895 g/mol. The van der Waals surface area contributed by atoms with Crippen LogP contribution in [-0.2, 0) is 25.5 Å². The molecule has 0 aliphatic heterocycles. The highest BCUT2D eigenvalue weighted by Crippen LogP contribution is 2.52. The van der Waals surface area contributed by atoms with E-state index in [9.17, 15) is 9.90 Å². The van der Waals surface area contributed by atoms with Gasteiger partial charge >= 0.3 is 11.9 Å². The Bertz CT molecular complexity index is 1630. The smallest absolute Gasteiger partial charge is 0.309 e. The minimum absolute atomic E-state index is 0.0824. The molecule has 65 heavy (non-hydrogen) atoms. The lowest BCUT2D eigenvalue weighted by atomic mass is 9.55. The lowest BCUT2D eigenvalue weighted by molar-refractivity contribution is -0.170. The normalized spacial score (nSPS) is 15.8. The van der Waals surface area contributed by atoms with Crippen LogP contribution in [0.5, 0.6) is 0 Å². The van der Waals surface area contributed by atoms with Gasteiger partial charge in [-0.25, -0.2) is 0 Å². The number of carbonyl (C=O) groups is 2. The zero-order valence-electron chi connectivity index (χ0n) is 42.5. The molecule has 0 saturated heterocycles. The van der Waals surface area contributed by atoms with E-state index in [0.29, 0.717) is 19.6 Å². The monoisotopic (exact) mass is 895 g/mol. The fraction of sp³-hybridized carbons (Fsp3) is 0.667. The molecule has 5 heteroatoms. The minimum Gasteiger partial charge on any atom is -0.465 e. The molecule has 1 N–H and O–H groups in total. The summed E-state index contributed by atoms with van der Waals surface area (Å²) in [5, 5.41) is 12.0. The van der Waals surface area contributed by atoms with Gasteiger partial charge in [-0.3, -0.25) is 9.59 Å². The van der Waals surface area contributed by atoms with Gasteiger partial charge in [0.25, 0.3) is 0 Å².